The highest BCUT2D eigenvalue weighted by atomic mass is 32.1. The van der Waals surface area contributed by atoms with Gasteiger partial charge in [0.1, 0.15) is 5.69 Å². The van der Waals surface area contributed by atoms with E-state index in [2.05, 4.69) is 24.8 Å². The summed E-state index contributed by atoms with van der Waals surface area (Å²) < 4.78 is 38.2. The molecule has 1 fully saturated rings. The molecule has 3 aromatic rings. The Morgan fingerprint density at radius 2 is 1.81 bits per heavy atom. The lowest BCUT2D eigenvalue weighted by Gasteiger charge is -2.12. The highest BCUT2D eigenvalue weighted by Crippen LogP contribution is 2.33. The number of aromatic amines is 1. The number of thiazole rings is 2. The minimum Gasteiger partial charge on any atom is -0.348 e. The molecular weight excluding hydrogens is 387 g/mol. The lowest BCUT2D eigenvalue weighted by atomic mass is 10.3. The van der Waals surface area contributed by atoms with E-state index in [-0.39, 0.29) is 10.8 Å². The van der Waals surface area contributed by atoms with E-state index in [9.17, 15) is 18.0 Å². The lowest BCUT2D eigenvalue weighted by Crippen LogP contribution is -2.17. The van der Waals surface area contributed by atoms with Crippen LogP contribution in [0.1, 0.15) is 18.5 Å². The van der Waals surface area contributed by atoms with Gasteiger partial charge < -0.3 is 9.88 Å². The van der Waals surface area contributed by atoms with Gasteiger partial charge in [-0.05, 0) is 12.8 Å². The Morgan fingerprint density at radius 3 is 2.50 bits per heavy atom. The zero-order chi connectivity index (χ0) is 18.3. The molecular formula is C15H12F3N5OS2. The minimum atomic E-state index is -4.54. The molecule has 11 heteroatoms. The molecule has 0 amide bonds. The summed E-state index contributed by atoms with van der Waals surface area (Å²) in [5.74, 6) is 0.00345. The van der Waals surface area contributed by atoms with Crippen molar-refractivity contribution in [3.8, 4) is 22.2 Å². The second-order valence-corrected chi connectivity index (χ2v) is 7.42. The Morgan fingerprint density at radius 1 is 1.04 bits per heavy atom. The molecule has 0 bridgehead atoms. The third-order valence-corrected chi connectivity index (χ3v) is 5.62. The molecule has 4 rings (SSSR count). The van der Waals surface area contributed by atoms with Crippen LogP contribution in [0.15, 0.2) is 21.6 Å². The van der Waals surface area contributed by atoms with Crippen LogP contribution in [0, 0.1) is 0 Å². The summed E-state index contributed by atoms with van der Waals surface area (Å²) in [5.41, 5.74) is -0.633. The number of hydrogen-bond donors (Lipinski definition) is 1. The van der Waals surface area contributed by atoms with Gasteiger partial charge in [0.2, 0.25) is 0 Å². The molecule has 0 aliphatic carbocycles. The van der Waals surface area contributed by atoms with E-state index < -0.39 is 17.4 Å². The van der Waals surface area contributed by atoms with Crippen molar-refractivity contribution in [3.63, 3.8) is 0 Å². The van der Waals surface area contributed by atoms with Gasteiger partial charge >= 0.3 is 6.18 Å². The minimum absolute atomic E-state index is 0.00345. The van der Waals surface area contributed by atoms with Gasteiger partial charge in [-0.15, -0.1) is 22.7 Å². The molecule has 3 aromatic heterocycles. The van der Waals surface area contributed by atoms with E-state index in [1.165, 1.54) is 17.4 Å². The maximum Gasteiger partial charge on any atom is 0.434 e. The average molecular weight is 399 g/mol. The third kappa shape index (κ3) is 3.36. The van der Waals surface area contributed by atoms with Gasteiger partial charge in [-0.1, -0.05) is 0 Å². The highest BCUT2D eigenvalue weighted by Gasteiger charge is 2.34. The molecule has 0 atom stereocenters. The molecule has 136 valence electrons. The summed E-state index contributed by atoms with van der Waals surface area (Å²) in [6, 6.07) is 1.28. The first kappa shape index (κ1) is 17.2. The summed E-state index contributed by atoms with van der Waals surface area (Å²) in [5, 5.41) is 3.56. The van der Waals surface area contributed by atoms with E-state index in [1.807, 2.05) is 0 Å². The number of alkyl halides is 3. The first-order valence-corrected chi connectivity index (χ1v) is 9.51. The van der Waals surface area contributed by atoms with Crippen LogP contribution >= 0.6 is 22.7 Å². The SMILES string of the molecule is O=c1cc(-c2csc(N3CCCC3)n2)nc(-c2nc(C(F)(F)F)cs2)[nH]1. The topological polar surface area (TPSA) is 74.8 Å². The summed E-state index contributed by atoms with van der Waals surface area (Å²) in [6.07, 6.45) is -2.30. The van der Waals surface area contributed by atoms with Gasteiger partial charge in [0.25, 0.3) is 5.56 Å². The Balaban J connectivity index is 1.68. The van der Waals surface area contributed by atoms with Crippen molar-refractivity contribution in [2.45, 2.75) is 19.0 Å². The van der Waals surface area contributed by atoms with Gasteiger partial charge in [-0.2, -0.15) is 13.2 Å². The molecule has 1 N–H and O–H groups in total. The molecule has 6 nitrogen and oxygen atoms in total. The maximum atomic E-state index is 12.7. The number of H-pyrrole nitrogens is 1. The van der Waals surface area contributed by atoms with Crippen LogP contribution in [0.5, 0.6) is 0 Å². The van der Waals surface area contributed by atoms with Crippen LogP contribution in [-0.4, -0.2) is 33.0 Å². The molecule has 4 heterocycles. The third-order valence-electron chi connectivity index (χ3n) is 3.87. The normalized spacial score (nSPS) is 15.0. The zero-order valence-electron chi connectivity index (χ0n) is 13.2. The Bertz CT molecular complexity index is 988. The van der Waals surface area contributed by atoms with Crippen LogP contribution in [0.3, 0.4) is 0 Å². The van der Waals surface area contributed by atoms with Crippen molar-refractivity contribution in [3.05, 3.63) is 32.9 Å². The smallest absolute Gasteiger partial charge is 0.348 e. The first-order valence-electron chi connectivity index (χ1n) is 7.75. The fourth-order valence-electron chi connectivity index (χ4n) is 2.64. The van der Waals surface area contributed by atoms with Gasteiger partial charge in [0.05, 0.1) is 5.69 Å². The van der Waals surface area contributed by atoms with E-state index >= 15 is 0 Å². The van der Waals surface area contributed by atoms with Crippen molar-refractivity contribution in [2.75, 3.05) is 18.0 Å². The monoisotopic (exact) mass is 399 g/mol. The lowest BCUT2D eigenvalue weighted by molar-refractivity contribution is -0.140. The molecule has 0 saturated carbocycles. The summed E-state index contributed by atoms with van der Waals surface area (Å²) in [4.78, 5) is 28.9. The van der Waals surface area contributed by atoms with Gasteiger partial charge in [-0.3, -0.25) is 4.79 Å². The predicted molar refractivity (Wildman–Crippen MR) is 93.5 cm³/mol. The molecule has 0 aromatic carbocycles. The predicted octanol–water partition coefficient (Wildman–Crippen LogP) is 3.64. The van der Waals surface area contributed by atoms with Crippen molar-refractivity contribution in [1.29, 1.82) is 0 Å². The van der Waals surface area contributed by atoms with Crippen molar-refractivity contribution in [1.82, 2.24) is 19.9 Å². The second kappa shape index (κ2) is 6.47. The van der Waals surface area contributed by atoms with E-state index in [0.29, 0.717) is 11.4 Å². The molecule has 0 unspecified atom stereocenters. The van der Waals surface area contributed by atoms with Crippen LogP contribution in [-0.2, 0) is 6.18 Å². The summed E-state index contributed by atoms with van der Waals surface area (Å²) >= 11 is 2.24. The average Bonchev–Trinajstić information content (AvgIpc) is 3.32. The molecule has 1 aliphatic rings. The second-order valence-electron chi connectivity index (χ2n) is 5.72. The number of anilines is 1. The van der Waals surface area contributed by atoms with E-state index in [1.54, 1.807) is 5.38 Å². The standard InChI is InChI=1S/C15H12F3N5OS2/c16-15(17,18)10-7-25-13(21-10)12-19-8(5-11(24)22-12)9-6-26-14(20-9)23-3-1-2-4-23/h5-7H,1-4H2,(H,19,22,24). The van der Waals surface area contributed by atoms with E-state index in [4.69, 9.17) is 0 Å². The Hall–Kier alpha value is -2.27. The highest BCUT2D eigenvalue weighted by molar-refractivity contribution is 7.14. The maximum absolute atomic E-state index is 12.7. The summed E-state index contributed by atoms with van der Waals surface area (Å²) in [7, 11) is 0. The van der Waals surface area contributed by atoms with Gasteiger partial charge in [0, 0.05) is 29.9 Å². The largest absolute Gasteiger partial charge is 0.434 e. The van der Waals surface area contributed by atoms with Crippen LogP contribution in [0.4, 0.5) is 18.3 Å². The molecule has 1 saturated heterocycles. The molecule has 0 radical (unpaired) electrons. The van der Waals surface area contributed by atoms with Crippen LogP contribution in [0.25, 0.3) is 22.2 Å². The fourth-order valence-corrected chi connectivity index (χ4v) is 4.28. The van der Waals surface area contributed by atoms with Gasteiger partial charge in [0.15, 0.2) is 21.7 Å². The number of aromatic nitrogens is 4. The first-order chi connectivity index (χ1) is 12.4. The van der Waals surface area contributed by atoms with Crippen molar-refractivity contribution >= 4 is 27.8 Å². The number of nitrogens with zero attached hydrogens (tertiary/aromatic N) is 4. The number of rotatable bonds is 3. The molecule has 1 aliphatic heterocycles. The number of nitrogens with one attached hydrogen (secondary N) is 1. The van der Waals surface area contributed by atoms with E-state index in [0.717, 1.165) is 47.8 Å². The number of hydrogen-bond acceptors (Lipinski definition) is 7. The fraction of sp³-hybridized carbons (Fsp3) is 0.333. The van der Waals surface area contributed by atoms with Crippen LogP contribution in [0.2, 0.25) is 0 Å². The van der Waals surface area contributed by atoms with Crippen molar-refractivity contribution in [2.24, 2.45) is 0 Å². The number of halogens is 3. The Labute approximate surface area is 153 Å². The van der Waals surface area contributed by atoms with Gasteiger partial charge in [-0.25, -0.2) is 15.0 Å². The van der Waals surface area contributed by atoms with Crippen LogP contribution < -0.4 is 10.5 Å². The quantitative estimate of drug-likeness (QED) is 0.728. The Kier molecular flexibility index (Phi) is 4.27. The molecule has 0 spiro atoms. The zero-order valence-corrected chi connectivity index (χ0v) is 14.8. The van der Waals surface area contributed by atoms with Crippen molar-refractivity contribution < 1.29 is 13.2 Å². The summed E-state index contributed by atoms with van der Waals surface area (Å²) in [6.45, 7) is 1.89. The molecule has 26 heavy (non-hydrogen) atoms.